The zero-order chi connectivity index (χ0) is 23.6. The third-order valence-electron chi connectivity index (χ3n) is 5.74. The fourth-order valence-electron chi connectivity index (χ4n) is 4.00. The molecule has 1 unspecified atom stereocenters. The Morgan fingerprint density at radius 1 is 1.18 bits per heavy atom. The molecule has 0 aliphatic heterocycles. The zero-order valence-electron chi connectivity index (χ0n) is 19.3. The number of imidazole rings is 1. The van der Waals surface area contributed by atoms with E-state index in [1.54, 1.807) is 12.4 Å². The Balaban J connectivity index is 1.58. The number of hydrogen-bond donors (Lipinski definition) is 3. The summed E-state index contributed by atoms with van der Waals surface area (Å²) in [6.07, 6.45) is 8.05. The van der Waals surface area contributed by atoms with Crippen LogP contribution in [0.3, 0.4) is 0 Å². The van der Waals surface area contributed by atoms with Crippen LogP contribution >= 0.6 is 11.6 Å². The fraction of sp³-hybridized carbons (Fsp3) is 0.385. The summed E-state index contributed by atoms with van der Waals surface area (Å²) in [6.45, 7) is 4.70. The molecule has 0 fully saturated rings. The molecule has 0 bridgehead atoms. The molecule has 1 atom stereocenters. The molecule has 1 aromatic heterocycles. The summed E-state index contributed by atoms with van der Waals surface area (Å²) in [7, 11) is 0. The molecule has 6 nitrogen and oxygen atoms in total. The molecular formula is C26H33ClN4O2. The Labute approximate surface area is 200 Å². The molecule has 1 heterocycles. The number of carbonyl (C=O) groups excluding carboxylic acids is 1. The first kappa shape index (κ1) is 24.8. The summed E-state index contributed by atoms with van der Waals surface area (Å²) in [5, 5.41) is 3.51. The largest absolute Gasteiger partial charge is 0.493 e. The molecule has 0 aliphatic rings. The normalized spacial score (nSPS) is 12.0. The van der Waals surface area contributed by atoms with Gasteiger partial charge in [-0.25, -0.2) is 4.98 Å². The average Bonchev–Trinajstić information content (AvgIpc) is 3.35. The van der Waals surface area contributed by atoms with Crippen LogP contribution in [0.15, 0.2) is 55.0 Å². The number of hydrogen-bond acceptors (Lipinski definition) is 4. The van der Waals surface area contributed by atoms with Crippen molar-refractivity contribution >= 4 is 23.2 Å². The van der Waals surface area contributed by atoms with Gasteiger partial charge in [-0.3, -0.25) is 4.79 Å². The molecule has 0 radical (unpaired) electrons. The van der Waals surface area contributed by atoms with Crippen molar-refractivity contribution in [2.24, 2.45) is 11.7 Å². The van der Waals surface area contributed by atoms with Crippen LogP contribution in [0.4, 0.5) is 5.69 Å². The minimum atomic E-state index is -0.522. The number of anilines is 1. The highest BCUT2D eigenvalue weighted by Gasteiger charge is 2.23. The number of nitrogens with zero attached hydrogens (tertiary/aromatic N) is 1. The van der Waals surface area contributed by atoms with Crippen LogP contribution in [0.5, 0.6) is 5.75 Å². The van der Waals surface area contributed by atoms with E-state index in [1.807, 2.05) is 42.6 Å². The van der Waals surface area contributed by atoms with Gasteiger partial charge in [0.05, 0.1) is 24.7 Å². The maximum Gasteiger partial charge on any atom is 0.241 e. The van der Waals surface area contributed by atoms with Crippen LogP contribution in [0.1, 0.15) is 45.1 Å². The summed E-state index contributed by atoms with van der Waals surface area (Å²) < 4.78 is 6.02. The van der Waals surface area contributed by atoms with E-state index in [-0.39, 0.29) is 11.8 Å². The number of aromatic amines is 1. The number of ether oxygens (including phenoxy) is 1. The van der Waals surface area contributed by atoms with Gasteiger partial charge < -0.3 is 20.8 Å². The van der Waals surface area contributed by atoms with Crippen molar-refractivity contribution in [1.29, 1.82) is 0 Å². The molecule has 0 saturated heterocycles. The van der Waals surface area contributed by atoms with Crippen molar-refractivity contribution in [2.75, 3.05) is 11.9 Å². The summed E-state index contributed by atoms with van der Waals surface area (Å²) in [6, 6.07) is 12.8. The smallest absolute Gasteiger partial charge is 0.241 e. The Bertz CT molecular complexity index is 1020. The minimum absolute atomic E-state index is 0.163. The predicted octanol–water partition coefficient (Wildman–Crippen LogP) is 5.83. The van der Waals surface area contributed by atoms with E-state index in [0.717, 1.165) is 48.3 Å². The molecule has 0 spiro atoms. The number of benzene rings is 2. The minimum Gasteiger partial charge on any atom is -0.493 e. The van der Waals surface area contributed by atoms with Gasteiger partial charge in [-0.2, -0.15) is 0 Å². The van der Waals surface area contributed by atoms with E-state index in [2.05, 4.69) is 29.1 Å². The first-order chi connectivity index (χ1) is 16.0. The predicted molar refractivity (Wildman–Crippen MR) is 135 cm³/mol. The van der Waals surface area contributed by atoms with Crippen LogP contribution < -0.4 is 15.8 Å². The molecule has 0 saturated carbocycles. The molecule has 2 aromatic carbocycles. The van der Waals surface area contributed by atoms with E-state index in [4.69, 9.17) is 22.1 Å². The summed E-state index contributed by atoms with van der Waals surface area (Å²) >= 11 is 6.50. The number of nitrogens with two attached hydrogens (primary N) is 1. The SMILES string of the molecule is CCCC(CCC)C(N)C(=O)Nc1ccc(CCOc2ccccc2-c2c[nH]cn2)c(Cl)c1. The lowest BCUT2D eigenvalue weighted by molar-refractivity contribution is -0.118. The van der Waals surface area contributed by atoms with Gasteiger partial charge in [0.2, 0.25) is 5.91 Å². The first-order valence-electron chi connectivity index (χ1n) is 11.6. The second kappa shape index (κ2) is 12.4. The summed E-state index contributed by atoms with van der Waals surface area (Å²) in [5.41, 5.74) is 9.62. The molecule has 7 heteroatoms. The van der Waals surface area contributed by atoms with E-state index in [0.29, 0.717) is 23.7 Å². The van der Waals surface area contributed by atoms with Gasteiger partial charge in [0, 0.05) is 28.9 Å². The van der Waals surface area contributed by atoms with Crippen molar-refractivity contribution in [3.63, 3.8) is 0 Å². The van der Waals surface area contributed by atoms with Crippen LogP contribution in [0.25, 0.3) is 11.3 Å². The molecule has 176 valence electrons. The number of aromatic nitrogens is 2. The van der Waals surface area contributed by atoms with Gasteiger partial charge in [-0.15, -0.1) is 0 Å². The lowest BCUT2D eigenvalue weighted by Gasteiger charge is -2.22. The standard InChI is InChI=1S/C26H33ClN4O2/c1-3-7-19(8-4-2)25(28)26(32)31-20-12-11-18(22(27)15-20)13-14-33-24-10-6-5-9-21(24)23-16-29-17-30-23/h5-6,9-12,15-17,19,25H,3-4,7-8,13-14,28H2,1-2H3,(H,29,30)(H,31,32). The summed E-state index contributed by atoms with van der Waals surface area (Å²) in [5.74, 6) is 0.799. The second-order valence-electron chi connectivity index (χ2n) is 8.21. The molecule has 3 aromatic rings. The highest BCUT2D eigenvalue weighted by molar-refractivity contribution is 6.31. The first-order valence-corrected chi connectivity index (χ1v) is 12.0. The number of carbonyl (C=O) groups is 1. The Morgan fingerprint density at radius 3 is 2.61 bits per heavy atom. The maximum absolute atomic E-state index is 12.7. The highest BCUT2D eigenvalue weighted by Crippen LogP contribution is 2.28. The number of amides is 1. The van der Waals surface area contributed by atoms with Crippen molar-refractivity contribution in [3.8, 4) is 17.0 Å². The van der Waals surface area contributed by atoms with Crippen molar-refractivity contribution in [3.05, 3.63) is 65.6 Å². The molecule has 1 amide bonds. The average molecular weight is 469 g/mol. The van der Waals surface area contributed by atoms with E-state index >= 15 is 0 Å². The van der Waals surface area contributed by atoms with Crippen LogP contribution in [-0.4, -0.2) is 28.5 Å². The number of rotatable bonds is 12. The molecule has 0 aliphatic carbocycles. The van der Waals surface area contributed by atoms with Gasteiger partial charge in [-0.05, 0) is 48.6 Å². The van der Waals surface area contributed by atoms with Crippen LogP contribution in [0, 0.1) is 5.92 Å². The maximum atomic E-state index is 12.7. The van der Waals surface area contributed by atoms with Crippen LogP contribution in [0.2, 0.25) is 5.02 Å². The highest BCUT2D eigenvalue weighted by atomic mass is 35.5. The van der Waals surface area contributed by atoms with Crippen molar-refractivity contribution in [1.82, 2.24) is 9.97 Å². The quantitative estimate of drug-likeness (QED) is 0.311. The topological polar surface area (TPSA) is 93.0 Å². The Kier molecular flexibility index (Phi) is 9.34. The Morgan fingerprint density at radius 2 is 1.94 bits per heavy atom. The lowest BCUT2D eigenvalue weighted by Crippen LogP contribution is -2.42. The van der Waals surface area contributed by atoms with Crippen LogP contribution in [-0.2, 0) is 11.2 Å². The van der Waals surface area contributed by atoms with Gasteiger partial charge in [-0.1, -0.05) is 56.5 Å². The number of H-pyrrole nitrogens is 1. The van der Waals surface area contributed by atoms with E-state index in [1.165, 1.54) is 0 Å². The molecule has 4 N–H and O–H groups in total. The Hall–Kier alpha value is -2.83. The monoisotopic (exact) mass is 468 g/mol. The van der Waals surface area contributed by atoms with Gasteiger partial charge >= 0.3 is 0 Å². The third-order valence-corrected chi connectivity index (χ3v) is 6.09. The second-order valence-corrected chi connectivity index (χ2v) is 8.61. The fourth-order valence-corrected chi connectivity index (χ4v) is 4.27. The molecule has 3 rings (SSSR count). The number of nitrogens with one attached hydrogen (secondary N) is 2. The van der Waals surface area contributed by atoms with Gasteiger partial charge in [0.25, 0.3) is 0 Å². The van der Waals surface area contributed by atoms with E-state index in [9.17, 15) is 4.79 Å². The molecule has 33 heavy (non-hydrogen) atoms. The van der Waals surface area contributed by atoms with Gasteiger partial charge in [0.15, 0.2) is 0 Å². The number of para-hydroxylation sites is 1. The third kappa shape index (κ3) is 6.83. The van der Waals surface area contributed by atoms with Crippen molar-refractivity contribution in [2.45, 2.75) is 52.0 Å². The summed E-state index contributed by atoms with van der Waals surface area (Å²) in [4.78, 5) is 19.9. The lowest BCUT2D eigenvalue weighted by atomic mass is 9.90. The van der Waals surface area contributed by atoms with Crippen molar-refractivity contribution < 1.29 is 9.53 Å². The van der Waals surface area contributed by atoms with Gasteiger partial charge in [0.1, 0.15) is 5.75 Å². The number of halogens is 1. The zero-order valence-corrected chi connectivity index (χ0v) is 20.1. The molecular weight excluding hydrogens is 436 g/mol. The van der Waals surface area contributed by atoms with E-state index < -0.39 is 6.04 Å².